The summed E-state index contributed by atoms with van der Waals surface area (Å²) in [4.78, 5) is 11.6. The van der Waals surface area contributed by atoms with Gasteiger partial charge in [0, 0.05) is 25.8 Å². The lowest BCUT2D eigenvalue weighted by atomic mass is 10.00. The molecule has 0 amide bonds. The first-order chi connectivity index (χ1) is 7.77. The maximum absolute atomic E-state index is 11.6. The predicted molar refractivity (Wildman–Crippen MR) is 65.7 cm³/mol. The molecule has 0 saturated carbocycles. The molecule has 0 aliphatic rings. The van der Waals surface area contributed by atoms with Gasteiger partial charge in [-0.15, -0.1) is 12.3 Å². The fraction of sp³-hybridized carbons (Fsp3) is 0.357. The first-order valence-corrected chi connectivity index (χ1v) is 5.50. The van der Waals surface area contributed by atoms with Crippen LogP contribution in [0.3, 0.4) is 0 Å². The summed E-state index contributed by atoms with van der Waals surface area (Å²) in [5.74, 6) is 2.77. The van der Waals surface area contributed by atoms with Crippen molar-refractivity contribution in [3.8, 4) is 12.3 Å². The fourth-order valence-corrected chi connectivity index (χ4v) is 1.62. The Morgan fingerprint density at radius 2 is 2.00 bits per heavy atom. The van der Waals surface area contributed by atoms with Crippen molar-refractivity contribution in [2.75, 3.05) is 0 Å². The number of ketones is 1. The Kier molecular flexibility index (Phi) is 5.31. The number of benzene rings is 1. The molecule has 0 radical (unpaired) electrons. The number of nitrogens with two attached hydrogens (primary N) is 1. The van der Waals surface area contributed by atoms with Crippen molar-refractivity contribution in [2.45, 2.75) is 32.2 Å². The number of Topliss-reactive ketones (excluding diaryl/α,β-unsaturated/α-hetero) is 1. The van der Waals surface area contributed by atoms with Crippen molar-refractivity contribution in [3.05, 3.63) is 35.4 Å². The smallest absolute Gasteiger partial charge is 0.137 e. The van der Waals surface area contributed by atoms with Gasteiger partial charge in [0.05, 0.1) is 0 Å². The molecule has 84 valence electrons. The summed E-state index contributed by atoms with van der Waals surface area (Å²) < 4.78 is 0. The van der Waals surface area contributed by atoms with Crippen molar-refractivity contribution >= 4 is 5.78 Å². The lowest BCUT2D eigenvalue weighted by molar-refractivity contribution is -0.118. The van der Waals surface area contributed by atoms with Gasteiger partial charge in [0.25, 0.3) is 0 Å². The summed E-state index contributed by atoms with van der Waals surface area (Å²) in [6.07, 6.45) is 7.61. The molecule has 2 heteroatoms. The molecule has 0 saturated heterocycles. The minimum atomic E-state index is 0.233. The lowest BCUT2D eigenvalue weighted by Gasteiger charge is -2.06. The van der Waals surface area contributed by atoms with Gasteiger partial charge in [-0.05, 0) is 17.5 Å². The van der Waals surface area contributed by atoms with Gasteiger partial charge in [-0.2, -0.15) is 0 Å². The molecule has 0 fully saturated rings. The average molecular weight is 215 g/mol. The molecule has 0 heterocycles. The second-order valence-corrected chi connectivity index (χ2v) is 3.75. The molecule has 1 rings (SSSR count). The number of hydrogen-bond acceptors (Lipinski definition) is 2. The van der Waals surface area contributed by atoms with Crippen molar-refractivity contribution in [1.29, 1.82) is 0 Å². The van der Waals surface area contributed by atoms with Crippen LogP contribution >= 0.6 is 0 Å². The maximum atomic E-state index is 11.6. The molecule has 0 aromatic heterocycles. The molecule has 0 spiro atoms. The van der Waals surface area contributed by atoms with Crippen LogP contribution in [0.2, 0.25) is 0 Å². The molecule has 2 nitrogen and oxygen atoms in total. The van der Waals surface area contributed by atoms with Gasteiger partial charge in [-0.1, -0.05) is 24.3 Å². The van der Waals surface area contributed by atoms with Crippen molar-refractivity contribution in [3.63, 3.8) is 0 Å². The van der Waals surface area contributed by atoms with Gasteiger partial charge in [-0.3, -0.25) is 4.79 Å². The van der Waals surface area contributed by atoms with E-state index in [9.17, 15) is 4.79 Å². The van der Waals surface area contributed by atoms with Crippen LogP contribution < -0.4 is 5.73 Å². The summed E-state index contributed by atoms with van der Waals surface area (Å²) in [6.45, 7) is 0.480. The van der Waals surface area contributed by atoms with E-state index in [0.29, 0.717) is 25.8 Å². The van der Waals surface area contributed by atoms with Crippen molar-refractivity contribution in [1.82, 2.24) is 0 Å². The van der Waals surface area contributed by atoms with E-state index < -0.39 is 0 Å². The number of carbonyl (C=O) groups excluding carboxylic acids is 1. The van der Waals surface area contributed by atoms with Crippen molar-refractivity contribution < 1.29 is 4.79 Å². The molecule has 1 aromatic carbocycles. The fourth-order valence-electron chi connectivity index (χ4n) is 1.62. The maximum Gasteiger partial charge on any atom is 0.137 e. The van der Waals surface area contributed by atoms with Crippen LogP contribution in [0.4, 0.5) is 0 Å². The molecule has 1 aromatic rings. The number of terminal acetylenes is 1. The summed E-state index contributed by atoms with van der Waals surface area (Å²) in [6, 6.07) is 7.79. The third-order valence-corrected chi connectivity index (χ3v) is 2.50. The monoisotopic (exact) mass is 215 g/mol. The molecular formula is C14H17NO. The van der Waals surface area contributed by atoms with E-state index in [0.717, 1.165) is 17.5 Å². The van der Waals surface area contributed by atoms with Crippen LogP contribution in [0.25, 0.3) is 0 Å². The topological polar surface area (TPSA) is 43.1 Å². The standard InChI is InChI=1S/C14H17NO/c1-2-3-4-9-14(16)10-12-7-5-6-8-13(12)11-15/h1,5-8H,3-4,9-11,15H2. The highest BCUT2D eigenvalue weighted by atomic mass is 16.1. The van der Waals surface area contributed by atoms with E-state index in [1.165, 1.54) is 0 Å². The Morgan fingerprint density at radius 1 is 1.31 bits per heavy atom. The van der Waals surface area contributed by atoms with Gasteiger partial charge in [0.1, 0.15) is 5.78 Å². The van der Waals surface area contributed by atoms with E-state index in [4.69, 9.17) is 12.2 Å². The molecule has 0 unspecified atom stereocenters. The van der Waals surface area contributed by atoms with Gasteiger partial charge in [0.2, 0.25) is 0 Å². The normalized spacial score (nSPS) is 9.75. The van der Waals surface area contributed by atoms with Crippen LogP contribution in [-0.2, 0) is 17.8 Å². The number of hydrogen-bond donors (Lipinski definition) is 1. The van der Waals surface area contributed by atoms with Crippen LogP contribution in [-0.4, -0.2) is 5.78 Å². The molecule has 0 bridgehead atoms. The van der Waals surface area contributed by atoms with E-state index in [2.05, 4.69) is 5.92 Å². The highest BCUT2D eigenvalue weighted by Crippen LogP contribution is 2.10. The zero-order chi connectivity index (χ0) is 11.8. The summed E-state index contributed by atoms with van der Waals surface area (Å²) in [5.41, 5.74) is 7.70. The van der Waals surface area contributed by atoms with Gasteiger partial charge in [0.15, 0.2) is 0 Å². The Morgan fingerprint density at radius 3 is 2.62 bits per heavy atom. The quantitative estimate of drug-likeness (QED) is 0.583. The lowest BCUT2D eigenvalue weighted by Crippen LogP contribution is -2.07. The Labute approximate surface area is 96.9 Å². The van der Waals surface area contributed by atoms with Gasteiger partial charge < -0.3 is 5.73 Å². The van der Waals surface area contributed by atoms with Gasteiger partial charge in [-0.25, -0.2) is 0 Å². The second-order valence-electron chi connectivity index (χ2n) is 3.75. The molecule has 0 aliphatic carbocycles. The molecule has 0 atom stereocenters. The summed E-state index contributed by atoms with van der Waals surface area (Å²) in [7, 11) is 0. The van der Waals surface area contributed by atoms with E-state index >= 15 is 0 Å². The van der Waals surface area contributed by atoms with Crippen LogP contribution in [0.15, 0.2) is 24.3 Å². The predicted octanol–water partition coefficient (Wildman–Crippen LogP) is 2.06. The third-order valence-electron chi connectivity index (χ3n) is 2.50. The van der Waals surface area contributed by atoms with Crippen LogP contribution in [0, 0.1) is 12.3 Å². The molecule has 0 aliphatic heterocycles. The highest BCUT2D eigenvalue weighted by molar-refractivity contribution is 5.81. The minimum absolute atomic E-state index is 0.233. The van der Waals surface area contributed by atoms with E-state index in [1.807, 2.05) is 24.3 Å². The first kappa shape index (κ1) is 12.5. The number of rotatable bonds is 6. The summed E-state index contributed by atoms with van der Waals surface area (Å²) >= 11 is 0. The Bertz CT molecular complexity index is 390. The van der Waals surface area contributed by atoms with Crippen molar-refractivity contribution in [2.24, 2.45) is 5.73 Å². The zero-order valence-electron chi connectivity index (χ0n) is 9.41. The second kappa shape index (κ2) is 6.81. The molecule has 2 N–H and O–H groups in total. The SMILES string of the molecule is C#CCCCC(=O)Cc1ccccc1CN. The van der Waals surface area contributed by atoms with E-state index in [1.54, 1.807) is 0 Å². The average Bonchev–Trinajstić information content (AvgIpc) is 2.30. The summed E-state index contributed by atoms with van der Waals surface area (Å²) in [5, 5.41) is 0. The van der Waals surface area contributed by atoms with Gasteiger partial charge >= 0.3 is 0 Å². The number of carbonyl (C=O) groups is 1. The highest BCUT2D eigenvalue weighted by Gasteiger charge is 2.06. The molecular weight excluding hydrogens is 198 g/mol. The Balaban J connectivity index is 2.53. The molecule has 16 heavy (non-hydrogen) atoms. The Hall–Kier alpha value is -1.59. The van der Waals surface area contributed by atoms with Crippen LogP contribution in [0.1, 0.15) is 30.4 Å². The number of unbranched alkanes of at least 4 members (excludes halogenated alkanes) is 1. The first-order valence-electron chi connectivity index (χ1n) is 5.50. The zero-order valence-corrected chi connectivity index (χ0v) is 9.41. The van der Waals surface area contributed by atoms with Crippen LogP contribution in [0.5, 0.6) is 0 Å². The van der Waals surface area contributed by atoms with E-state index in [-0.39, 0.29) is 5.78 Å². The minimum Gasteiger partial charge on any atom is -0.326 e. The largest absolute Gasteiger partial charge is 0.326 e. The third kappa shape index (κ3) is 3.88.